The van der Waals surface area contributed by atoms with Crippen LogP contribution in [-0.4, -0.2) is 22.8 Å². The van der Waals surface area contributed by atoms with Gasteiger partial charge in [0.15, 0.2) is 5.76 Å². The lowest BCUT2D eigenvalue weighted by atomic mass is 10.2. The first-order valence-corrected chi connectivity index (χ1v) is 6.24. The summed E-state index contributed by atoms with van der Waals surface area (Å²) >= 11 is 5.81. The molecule has 0 saturated heterocycles. The molecular weight excluding hydrogens is 311 g/mol. The lowest BCUT2D eigenvalue weighted by Gasteiger charge is -2.17. The topological polar surface area (TPSA) is 81.1 Å². The van der Waals surface area contributed by atoms with Gasteiger partial charge in [0.05, 0.1) is 17.1 Å². The van der Waals surface area contributed by atoms with E-state index in [1.165, 1.54) is 16.8 Å². The normalized spacial score (nSPS) is 18.3. The molecule has 0 fully saturated rings. The molecule has 1 aliphatic rings. The molecule has 0 bridgehead atoms. The highest BCUT2D eigenvalue weighted by atomic mass is 35.5. The number of amides is 1. The van der Waals surface area contributed by atoms with Crippen molar-refractivity contribution in [3.63, 3.8) is 0 Å². The minimum Gasteiger partial charge on any atom is -0.484 e. The average Bonchev–Trinajstić information content (AvgIpc) is 2.81. The van der Waals surface area contributed by atoms with Crippen molar-refractivity contribution in [1.29, 1.82) is 5.41 Å². The number of aromatic nitrogens is 1. The minimum atomic E-state index is -4.53. The number of nitrogens with one attached hydrogen (secondary N) is 1. The van der Waals surface area contributed by atoms with E-state index in [1.807, 2.05) is 0 Å². The molecule has 0 radical (unpaired) electrons. The molecule has 3 N–H and O–H groups in total. The number of pyridine rings is 1. The third kappa shape index (κ3) is 3.38. The molecule has 0 saturated carbocycles. The van der Waals surface area contributed by atoms with Gasteiger partial charge in [-0.15, -0.1) is 0 Å². The molecular formula is C12H11ClF3N3O2. The van der Waals surface area contributed by atoms with Crippen LogP contribution in [0.1, 0.15) is 16.8 Å². The fourth-order valence-corrected chi connectivity index (χ4v) is 2.20. The fourth-order valence-electron chi connectivity index (χ4n) is 1.97. The Morgan fingerprint density at radius 3 is 2.76 bits per heavy atom. The lowest BCUT2D eigenvalue weighted by Crippen LogP contribution is -2.32. The molecule has 21 heavy (non-hydrogen) atoms. The number of hydrogen-bond donors (Lipinski definition) is 2. The highest BCUT2D eigenvalue weighted by molar-refractivity contribution is 6.30. The molecule has 114 valence electrons. The van der Waals surface area contributed by atoms with Crippen LogP contribution in [0.2, 0.25) is 5.02 Å². The van der Waals surface area contributed by atoms with Gasteiger partial charge in [0, 0.05) is 12.6 Å². The Kier molecular flexibility index (Phi) is 3.99. The zero-order valence-corrected chi connectivity index (χ0v) is 11.3. The first kappa shape index (κ1) is 15.4. The summed E-state index contributed by atoms with van der Waals surface area (Å²) in [5.41, 5.74) is 4.79. The Morgan fingerprint density at radius 1 is 1.57 bits per heavy atom. The van der Waals surface area contributed by atoms with E-state index in [-0.39, 0.29) is 29.0 Å². The Morgan fingerprint density at radius 2 is 2.24 bits per heavy atom. The predicted octanol–water partition coefficient (Wildman–Crippen LogP) is 1.95. The Bertz CT molecular complexity index is 667. The van der Waals surface area contributed by atoms with Crippen LogP contribution in [0.5, 0.6) is 0 Å². The quantitative estimate of drug-likeness (QED) is 0.892. The highest BCUT2D eigenvalue weighted by Gasteiger charge is 2.40. The fraction of sp³-hybridized carbons (Fsp3) is 0.333. The van der Waals surface area contributed by atoms with Crippen molar-refractivity contribution in [2.45, 2.75) is 25.2 Å². The van der Waals surface area contributed by atoms with Crippen molar-refractivity contribution in [2.75, 3.05) is 0 Å². The number of rotatable bonds is 3. The van der Waals surface area contributed by atoms with Crippen LogP contribution in [0.3, 0.4) is 0 Å². The van der Waals surface area contributed by atoms with Crippen LogP contribution in [0, 0.1) is 5.41 Å². The number of carbonyl (C=O) groups excluding carboxylic acids is 1. The molecule has 1 unspecified atom stereocenters. The third-order valence-corrected chi connectivity index (χ3v) is 3.12. The van der Waals surface area contributed by atoms with Crippen molar-refractivity contribution in [3.05, 3.63) is 40.2 Å². The number of carbonyl (C=O) groups is 1. The Labute approximate surface area is 122 Å². The van der Waals surface area contributed by atoms with Crippen LogP contribution >= 0.6 is 11.6 Å². The second kappa shape index (κ2) is 5.44. The molecule has 1 amide bonds. The molecule has 5 nitrogen and oxygen atoms in total. The highest BCUT2D eigenvalue weighted by Crippen LogP contribution is 2.32. The molecule has 1 aromatic heterocycles. The van der Waals surface area contributed by atoms with Crippen molar-refractivity contribution < 1.29 is 22.7 Å². The van der Waals surface area contributed by atoms with E-state index < -0.39 is 23.9 Å². The monoisotopic (exact) mass is 321 g/mol. The summed E-state index contributed by atoms with van der Waals surface area (Å²) < 4.78 is 43.4. The Balaban J connectivity index is 2.19. The van der Waals surface area contributed by atoms with E-state index in [2.05, 4.69) is 0 Å². The largest absolute Gasteiger partial charge is 0.484 e. The SMILES string of the molecule is N=c1c(C(N)=O)cc(Cl)cn1CC1CC=C(C(F)(F)F)O1. The van der Waals surface area contributed by atoms with Crippen LogP contribution in [0.15, 0.2) is 24.1 Å². The number of alkyl halides is 3. The molecule has 1 aliphatic heterocycles. The number of allylic oxidation sites excluding steroid dienone is 1. The smallest absolute Gasteiger partial charge is 0.448 e. The van der Waals surface area contributed by atoms with E-state index in [0.29, 0.717) is 0 Å². The standard InChI is InChI=1S/C12H11ClF3N3O2/c13-6-3-8(11(18)20)10(17)19(4-6)5-7-1-2-9(21-7)12(14,15)16/h2-4,7,17H,1,5H2,(H2,18,20). The molecule has 9 heteroatoms. The van der Waals surface area contributed by atoms with Gasteiger partial charge in [0.2, 0.25) is 0 Å². The summed E-state index contributed by atoms with van der Waals surface area (Å²) in [6, 6.07) is 1.23. The van der Waals surface area contributed by atoms with E-state index in [1.54, 1.807) is 0 Å². The van der Waals surface area contributed by atoms with Crippen LogP contribution in [-0.2, 0) is 11.3 Å². The van der Waals surface area contributed by atoms with Gasteiger partial charge in [0.1, 0.15) is 11.6 Å². The van der Waals surface area contributed by atoms with Crippen LogP contribution in [0.4, 0.5) is 13.2 Å². The van der Waals surface area contributed by atoms with Gasteiger partial charge in [-0.25, -0.2) is 0 Å². The summed E-state index contributed by atoms with van der Waals surface area (Å²) in [6.45, 7) is -0.0459. The van der Waals surface area contributed by atoms with Crippen LogP contribution < -0.4 is 11.2 Å². The maximum Gasteiger partial charge on any atom is 0.448 e. The number of nitrogens with zero attached hydrogens (tertiary/aromatic N) is 1. The minimum absolute atomic E-state index is 0.0459. The number of halogens is 4. The lowest BCUT2D eigenvalue weighted by molar-refractivity contribution is -0.134. The predicted molar refractivity (Wildman–Crippen MR) is 67.4 cm³/mol. The zero-order chi connectivity index (χ0) is 15.8. The maximum atomic E-state index is 12.5. The zero-order valence-electron chi connectivity index (χ0n) is 10.6. The van der Waals surface area contributed by atoms with E-state index in [9.17, 15) is 18.0 Å². The van der Waals surface area contributed by atoms with Gasteiger partial charge < -0.3 is 15.0 Å². The van der Waals surface area contributed by atoms with Crippen molar-refractivity contribution in [3.8, 4) is 0 Å². The number of nitrogens with two attached hydrogens (primary N) is 1. The average molecular weight is 322 g/mol. The van der Waals surface area contributed by atoms with Gasteiger partial charge in [-0.3, -0.25) is 10.2 Å². The summed E-state index contributed by atoms with van der Waals surface area (Å²) in [6.07, 6.45) is -2.97. The second-order valence-electron chi connectivity index (χ2n) is 4.48. The van der Waals surface area contributed by atoms with Crippen LogP contribution in [0.25, 0.3) is 0 Å². The van der Waals surface area contributed by atoms with E-state index in [0.717, 1.165) is 6.08 Å². The van der Waals surface area contributed by atoms with E-state index >= 15 is 0 Å². The number of primary amides is 1. The second-order valence-corrected chi connectivity index (χ2v) is 4.92. The summed E-state index contributed by atoms with van der Waals surface area (Å²) in [4.78, 5) is 11.2. The van der Waals surface area contributed by atoms with Crippen molar-refractivity contribution in [1.82, 2.24) is 4.57 Å². The molecule has 2 rings (SSSR count). The van der Waals surface area contributed by atoms with Gasteiger partial charge in [0.25, 0.3) is 5.91 Å². The molecule has 2 heterocycles. The first-order chi connectivity index (χ1) is 9.68. The van der Waals surface area contributed by atoms with Crippen molar-refractivity contribution in [2.24, 2.45) is 5.73 Å². The summed E-state index contributed by atoms with van der Waals surface area (Å²) in [5.74, 6) is -1.88. The van der Waals surface area contributed by atoms with Gasteiger partial charge in [-0.2, -0.15) is 13.2 Å². The summed E-state index contributed by atoms with van der Waals surface area (Å²) in [5, 5.41) is 7.97. The third-order valence-electron chi connectivity index (χ3n) is 2.91. The van der Waals surface area contributed by atoms with Gasteiger partial charge in [-0.1, -0.05) is 11.6 Å². The molecule has 0 aromatic carbocycles. The Hall–Kier alpha value is -1.96. The maximum absolute atomic E-state index is 12.5. The number of ether oxygens (including phenoxy) is 1. The summed E-state index contributed by atoms with van der Waals surface area (Å²) in [7, 11) is 0. The molecule has 0 aliphatic carbocycles. The van der Waals surface area contributed by atoms with Gasteiger partial charge in [-0.05, 0) is 12.1 Å². The van der Waals surface area contributed by atoms with E-state index in [4.69, 9.17) is 27.5 Å². The molecule has 1 aromatic rings. The van der Waals surface area contributed by atoms with Crippen molar-refractivity contribution >= 4 is 17.5 Å². The molecule has 1 atom stereocenters. The first-order valence-electron chi connectivity index (χ1n) is 5.87. The number of hydrogen-bond acceptors (Lipinski definition) is 3. The molecule has 0 spiro atoms. The van der Waals surface area contributed by atoms with Gasteiger partial charge >= 0.3 is 6.18 Å².